The van der Waals surface area contributed by atoms with Gasteiger partial charge in [0.1, 0.15) is 5.54 Å². The standard InChI is InChI=1S/C10H16N2O2/c1-8-3-2-6-12(8)9(14)10(4-5-10)11-7-13/h7-8H,2-6H2,1H3,(H,11,13). The number of carbonyl (C=O) groups excluding carboxylic acids is 2. The van der Waals surface area contributed by atoms with E-state index < -0.39 is 5.54 Å². The van der Waals surface area contributed by atoms with Crippen molar-refractivity contribution in [3.05, 3.63) is 0 Å². The van der Waals surface area contributed by atoms with Gasteiger partial charge in [-0.2, -0.15) is 0 Å². The van der Waals surface area contributed by atoms with Crippen molar-refractivity contribution in [2.24, 2.45) is 0 Å². The molecule has 1 aliphatic carbocycles. The Bertz CT molecular complexity index is 261. The molecule has 2 aliphatic rings. The number of hydrogen-bond donors (Lipinski definition) is 1. The summed E-state index contributed by atoms with van der Waals surface area (Å²) in [5, 5.41) is 2.66. The van der Waals surface area contributed by atoms with Crippen molar-refractivity contribution in [2.45, 2.75) is 44.2 Å². The maximum absolute atomic E-state index is 12.0. The number of carbonyl (C=O) groups is 2. The van der Waals surface area contributed by atoms with E-state index in [0.29, 0.717) is 12.5 Å². The van der Waals surface area contributed by atoms with E-state index in [2.05, 4.69) is 12.2 Å². The summed E-state index contributed by atoms with van der Waals surface area (Å²) >= 11 is 0. The Morgan fingerprint density at radius 1 is 1.57 bits per heavy atom. The van der Waals surface area contributed by atoms with Gasteiger partial charge in [-0.15, -0.1) is 0 Å². The van der Waals surface area contributed by atoms with Crippen molar-refractivity contribution in [1.29, 1.82) is 0 Å². The van der Waals surface area contributed by atoms with Crippen molar-refractivity contribution >= 4 is 12.3 Å². The molecule has 1 saturated heterocycles. The lowest BCUT2D eigenvalue weighted by Crippen LogP contribution is -2.49. The van der Waals surface area contributed by atoms with E-state index in [1.807, 2.05) is 4.90 Å². The third-order valence-electron chi connectivity index (χ3n) is 3.31. The molecule has 0 spiro atoms. The number of likely N-dealkylation sites (tertiary alicyclic amines) is 1. The van der Waals surface area contributed by atoms with Gasteiger partial charge in [-0.05, 0) is 32.6 Å². The molecule has 1 heterocycles. The predicted molar refractivity (Wildman–Crippen MR) is 51.6 cm³/mol. The van der Waals surface area contributed by atoms with E-state index in [-0.39, 0.29) is 5.91 Å². The molecule has 2 fully saturated rings. The predicted octanol–water partition coefficient (Wildman–Crippen LogP) is 0.276. The summed E-state index contributed by atoms with van der Waals surface area (Å²) in [5.41, 5.74) is -0.527. The first-order chi connectivity index (χ1) is 6.69. The fraction of sp³-hybridized carbons (Fsp3) is 0.800. The summed E-state index contributed by atoms with van der Waals surface area (Å²) in [6, 6.07) is 0.341. The highest BCUT2D eigenvalue weighted by atomic mass is 16.2. The van der Waals surface area contributed by atoms with Crippen LogP contribution in [0.15, 0.2) is 0 Å². The molecule has 2 rings (SSSR count). The Morgan fingerprint density at radius 3 is 2.71 bits per heavy atom. The first kappa shape index (κ1) is 9.49. The summed E-state index contributed by atoms with van der Waals surface area (Å²) < 4.78 is 0. The van der Waals surface area contributed by atoms with Crippen LogP contribution in [-0.4, -0.2) is 35.3 Å². The normalized spacial score (nSPS) is 28.6. The van der Waals surface area contributed by atoms with Gasteiger partial charge < -0.3 is 10.2 Å². The number of nitrogens with one attached hydrogen (secondary N) is 1. The summed E-state index contributed by atoms with van der Waals surface area (Å²) in [6.07, 6.45) is 4.42. The fourth-order valence-corrected chi connectivity index (χ4v) is 2.17. The molecule has 2 amide bonds. The topological polar surface area (TPSA) is 49.4 Å². The zero-order valence-electron chi connectivity index (χ0n) is 8.45. The largest absolute Gasteiger partial charge is 0.344 e. The molecule has 0 radical (unpaired) electrons. The second-order valence-electron chi connectivity index (χ2n) is 4.33. The van der Waals surface area contributed by atoms with Crippen molar-refractivity contribution in [3.8, 4) is 0 Å². The van der Waals surface area contributed by atoms with Gasteiger partial charge in [0.05, 0.1) is 0 Å². The molecule has 0 aromatic rings. The first-order valence-corrected chi connectivity index (χ1v) is 5.22. The van der Waals surface area contributed by atoms with E-state index >= 15 is 0 Å². The Kier molecular flexibility index (Phi) is 2.21. The van der Waals surface area contributed by atoms with Gasteiger partial charge in [0.2, 0.25) is 12.3 Å². The average molecular weight is 196 g/mol. The summed E-state index contributed by atoms with van der Waals surface area (Å²) in [6.45, 7) is 2.92. The molecule has 1 N–H and O–H groups in total. The molecule has 0 bridgehead atoms. The molecule has 1 saturated carbocycles. The second-order valence-corrected chi connectivity index (χ2v) is 4.33. The zero-order chi connectivity index (χ0) is 10.2. The van der Waals surface area contributed by atoms with Crippen molar-refractivity contribution in [3.63, 3.8) is 0 Å². The van der Waals surface area contributed by atoms with Gasteiger partial charge in [0.25, 0.3) is 0 Å². The molecule has 4 heteroatoms. The Balaban J connectivity index is 2.04. The third-order valence-corrected chi connectivity index (χ3v) is 3.31. The number of amides is 2. The van der Waals surface area contributed by atoms with Gasteiger partial charge in [-0.25, -0.2) is 0 Å². The van der Waals surface area contributed by atoms with Crippen LogP contribution in [0.3, 0.4) is 0 Å². The summed E-state index contributed by atoms with van der Waals surface area (Å²) in [5.74, 6) is 0.120. The molecule has 1 aliphatic heterocycles. The van der Waals surface area contributed by atoms with E-state index in [0.717, 1.165) is 32.2 Å². The van der Waals surface area contributed by atoms with Crippen molar-refractivity contribution in [1.82, 2.24) is 10.2 Å². The van der Waals surface area contributed by atoms with Crippen LogP contribution in [0.2, 0.25) is 0 Å². The number of rotatable bonds is 3. The minimum absolute atomic E-state index is 0.120. The van der Waals surface area contributed by atoms with Crippen molar-refractivity contribution < 1.29 is 9.59 Å². The summed E-state index contributed by atoms with van der Waals surface area (Å²) in [7, 11) is 0. The van der Waals surface area contributed by atoms with Crippen LogP contribution in [0.4, 0.5) is 0 Å². The van der Waals surface area contributed by atoms with Gasteiger partial charge >= 0.3 is 0 Å². The Labute approximate surface area is 83.6 Å². The number of nitrogens with zero attached hydrogens (tertiary/aromatic N) is 1. The van der Waals surface area contributed by atoms with Crippen LogP contribution < -0.4 is 5.32 Å². The molecule has 0 aromatic carbocycles. The van der Waals surface area contributed by atoms with Gasteiger partial charge in [0.15, 0.2) is 0 Å². The zero-order valence-corrected chi connectivity index (χ0v) is 8.45. The summed E-state index contributed by atoms with van der Waals surface area (Å²) in [4.78, 5) is 24.3. The Morgan fingerprint density at radius 2 is 2.29 bits per heavy atom. The lowest BCUT2D eigenvalue weighted by molar-refractivity contribution is -0.136. The van der Waals surface area contributed by atoms with Crippen LogP contribution in [0, 0.1) is 0 Å². The fourth-order valence-electron chi connectivity index (χ4n) is 2.17. The number of hydrogen-bond acceptors (Lipinski definition) is 2. The SMILES string of the molecule is CC1CCCN1C(=O)C1(NC=O)CC1. The Hall–Kier alpha value is -1.06. The molecule has 0 aromatic heterocycles. The van der Waals surface area contributed by atoms with E-state index in [4.69, 9.17) is 0 Å². The minimum atomic E-state index is -0.527. The maximum atomic E-state index is 12.0. The average Bonchev–Trinajstić information content (AvgIpc) is 2.82. The van der Waals surface area contributed by atoms with Crippen LogP contribution in [0.1, 0.15) is 32.6 Å². The van der Waals surface area contributed by atoms with E-state index in [9.17, 15) is 9.59 Å². The molecule has 4 nitrogen and oxygen atoms in total. The van der Waals surface area contributed by atoms with E-state index in [1.54, 1.807) is 0 Å². The highest BCUT2D eigenvalue weighted by molar-refractivity contribution is 5.91. The van der Waals surface area contributed by atoms with Crippen LogP contribution in [0.5, 0.6) is 0 Å². The monoisotopic (exact) mass is 196 g/mol. The minimum Gasteiger partial charge on any atom is -0.344 e. The molecule has 1 unspecified atom stereocenters. The third kappa shape index (κ3) is 1.38. The molecule has 14 heavy (non-hydrogen) atoms. The lowest BCUT2D eigenvalue weighted by Gasteiger charge is -2.26. The highest BCUT2D eigenvalue weighted by Crippen LogP contribution is 2.38. The van der Waals surface area contributed by atoms with Crippen molar-refractivity contribution in [2.75, 3.05) is 6.54 Å². The molecular weight excluding hydrogens is 180 g/mol. The lowest BCUT2D eigenvalue weighted by atomic mass is 10.2. The highest BCUT2D eigenvalue weighted by Gasteiger charge is 2.52. The van der Waals surface area contributed by atoms with Gasteiger partial charge in [-0.1, -0.05) is 0 Å². The van der Waals surface area contributed by atoms with E-state index in [1.165, 1.54) is 0 Å². The van der Waals surface area contributed by atoms with Gasteiger partial charge in [0, 0.05) is 12.6 Å². The molecule has 78 valence electrons. The first-order valence-electron chi connectivity index (χ1n) is 5.22. The molecule has 1 atom stereocenters. The van der Waals surface area contributed by atoms with Crippen LogP contribution in [0.25, 0.3) is 0 Å². The molecular formula is C10H16N2O2. The van der Waals surface area contributed by atoms with Crippen LogP contribution >= 0.6 is 0 Å². The maximum Gasteiger partial charge on any atom is 0.248 e. The smallest absolute Gasteiger partial charge is 0.248 e. The van der Waals surface area contributed by atoms with Crippen LogP contribution in [-0.2, 0) is 9.59 Å². The second kappa shape index (κ2) is 3.26. The van der Waals surface area contributed by atoms with Gasteiger partial charge in [-0.3, -0.25) is 9.59 Å². The quantitative estimate of drug-likeness (QED) is 0.659.